The van der Waals surface area contributed by atoms with Gasteiger partial charge in [0.2, 0.25) is 5.91 Å². The van der Waals surface area contributed by atoms with Gasteiger partial charge in [-0.3, -0.25) is 19.9 Å². The van der Waals surface area contributed by atoms with Crippen molar-refractivity contribution in [1.82, 2.24) is 10.4 Å². The molecule has 0 radical (unpaired) electrons. The van der Waals surface area contributed by atoms with Crippen LogP contribution in [0.4, 0.5) is 5.69 Å². The first kappa shape index (κ1) is 19.5. The van der Waals surface area contributed by atoms with Gasteiger partial charge in [-0.15, -0.1) is 11.8 Å². The molecule has 2 aromatic carbocycles. The maximum atomic E-state index is 12.1. The molecule has 8 heteroatoms. The van der Waals surface area contributed by atoms with Crippen molar-refractivity contribution in [3.8, 4) is 0 Å². The Bertz CT molecular complexity index is 1080. The molecule has 1 N–H and O–H groups in total. The van der Waals surface area contributed by atoms with Crippen LogP contribution in [0.5, 0.6) is 0 Å². The molecule has 28 heavy (non-hydrogen) atoms. The predicted molar refractivity (Wildman–Crippen MR) is 111 cm³/mol. The Morgan fingerprint density at radius 3 is 2.82 bits per heavy atom. The molecule has 1 amide bonds. The second-order valence-corrected chi connectivity index (χ2v) is 7.20. The lowest BCUT2D eigenvalue weighted by atomic mass is 10.1. The second kappa shape index (κ2) is 8.62. The minimum absolute atomic E-state index is 0.0658. The number of carbonyl (C=O) groups is 1. The quantitative estimate of drug-likeness (QED) is 0.295. The normalized spacial score (nSPS) is 11.1. The van der Waals surface area contributed by atoms with Crippen LogP contribution in [0.25, 0.3) is 10.9 Å². The van der Waals surface area contributed by atoms with E-state index < -0.39 is 4.92 Å². The predicted octanol–water partition coefficient (Wildman–Crippen LogP) is 4.00. The number of carbonyl (C=O) groups excluding carboxylic acids is 1. The molecule has 0 spiro atoms. The number of nitro groups is 1. The molecule has 3 aromatic rings. The number of pyridine rings is 1. The Hall–Kier alpha value is -3.26. The number of para-hydroxylation sites is 1. The fourth-order valence-corrected chi connectivity index (χ4v) is 3.59. The van der Waals surface area contributed by atoms with Gasteiger partial charge in [-0.25, -0.2) is 5.43 Å². The highest BCUT2D eigenvalue weighted by molar-refractivity contribution is 8.00. The van der Waals surface area contributed by atoms with Crippen LogP contribution in [0, 0.1) is 24.0 Å². The summed E-state index contributed by atoms with van der Waals surface area (Å²) in [6.45, 7) is 3.93. The van der Waals surface area contributed by atoms with Gasteiger partial charge in [0.25, 0.3) is 5.69 Å². The monoisotopic (exact) mass is 394 g/mol. The zero-order valence-corrected chi connectivity index (χ0v) is 16.2. The number of hydrogen-bond donors (Lipinski definition) is 1. The minimum Gasteiger partial charge on any atom is -0.272 e. The number of thioether (sulfide) groups is 1. The van der Waals surface area contributed by atoms with Crippen LogP contribution in [0.3, 0.4) is 0 Å². The van der Waals surface area contributed by atoms with Crippen LogP contribution >= 0.6 is 11.8 Å². The number of amides is 1. The average Bonchev–Trinajstić information content (AvgIpc) is 2.66. The fraction of sp³-hybridized carbons (Fsp3) is 0.150. The Labute approximate surface area is 166 Å². The number of nitrogens with one attached hydrogen (secondary N) is 1. The average molecular weight is 394 g/mol. The lowest BCUT2D eigenvalue weighted by Gasteiger charge is -2.08. The standard InChI is InChI=1S/C20H18N4O3S/c1-13-7-8-17-16(9-13)19(10-14(2)22-17)28-12-20(25)23-21-11-15-5-3-4-6-18(15)24(26)27/h3-11H,12H2,1-2H3,(H,23,25)/b21-11+. The Balaban J connectivity index is 1.66. The molecule has 1 heterocycles. The molecule has 0 bridgehead atoms. The van der Waals surface area contributed by atoms with E-state index in [0.29, 0.717) is 5.56 Å². The summed E-state index contributed by atoms with van der Waals surface area (Å²) >= 11 is 1.40. The Kier molecular flexibility index (Phi) is 6.00. The third kappa shape index (κ3) is 4.72. The highest BCUT2D eigenvalue weighted by Gasteiger charge is 2.11. The molecule has 0 saturated heterocycles. The first-order valence-corrected chi connectivity index (χ1v) is 9.49. The van der Waals surface area contributed by atoms with Gasteiger partial charge in [0.15, 0.2) is 0 Å². The van der Waals surface area contributed by atoms with E-state index >= 15 is 0 Å². The maximum absolute atomic E-state index is 12.1. The molecule has 0 saturated carbocycles. The molecule has 142 valence electrons. The van der Waals surface area contributed by atoms with Gasteiger partial charge in [0.1, 0.15) is 0 Å². The summed E-state index contributed by atoms with van der Waals surface area (Å²) in [5, 5.41) is 15.8. The molecule has 0 unspecified atom stereocenters. The van der Waals surface area contributed by atoms with E-state index in [4.69, 9.17) is 0 Å². The van der Waals surface area contributed by atoms with Crippen molar-refractivity contribution < 1.29 is 9.72 Å². The summed E-state index contributed by atoms with van der Waals surface area (Å²) in [6.07, 6.45) is 1.27. The number of nitrogens with zero attached hydrogens (tertiary/aromatic N) is 3. The largest absolute Gasteiger partial charge is 0.278 e. The van der Waals surface area contributed by atoms with E-state index in [-0.39, 0.29) is 17.3 Å². The molecular weight excluding hydrogens is 376 g/mol. The topological polar surface area (TPSA) is 97.5 Å². The van der Waals surface area contributed by atoms with E-state index in [2.05, 4.69) is 21.6 Å². The van der Waals surface area contributed by atoms with Crippen molar-refractivity contribution in [3.63, 3.8) is 0 Å². The third-order valence-corrected chi connectivity index (χ3v) is 4.99. The van der Waals surface area contributed by atoms with Gasteiger partial charge in [-0.1, -0.05) is 23.8 Å². The summed E-state index contributed by atoms with van der Waals surface area (Å²) in [5.74, 6) is -0.129. The molecular formula is C20H18N4O3S. The van der Waals surface area contributed by atoms with Crippen LogP contribution < -0.4 is 5.43 Å². The smallest absolute Gasteiger partial charge is 0.272 e. The van der Waals surface area contributed by atoms with Crippen molar-refractivity contribution in [3.05, 3.63) is 75.5 Å². The zero-order valence-electron chi connectivity index (χ0n) is 15.4. The number of hydrazone groups is 1. The molecule has 7 nitrogen and oxygen atoms in total. The third-order valence-electron chi connectivity index (χ3n) is 3.94. The van der Waals surface area contributed by atoms with E-state index in [1.54, 1.807) is 18.2 Å². The summed E-state index contributed by atoms with van der Waals surface area (Å²) in [5.41, 5.74) is 5.57. The first-order valence-electron chi connectivity index (χ1n) is 8.50. The lowest BCUT2D eigenvalue weighted by Crippen LogP contribution is -2.19. The number of aromatic nitrogens is 1. The Morgan fingerprint density at radius 1 is 1.25 bits per heavy atom. The SMILES string of the molecule is Cc1ccc2nc(C)cc(SCC(=O)N/N=C/c3ccccc3[N+](=O)[O-])c2c1. The molecule has 0 aliphatic carbocycles. The van der Waals surface area contributed by atoms with Crippen molar-refractivity contribution in [1.29, 1.82) is 0 Å². The summed E-state index contributed by atoms with van der Waals surface area (Å²) in [6, 6.07) is 14.2. The van der Waals surface area contributed by atoms with Crippen molar-refractivity contribution >= 4 is 40.5 Å². The summed E-state index contributed by atoms with van der Waals surface area (Å²) in [7, 11) is 0. The summed E-state index contributed by atoms with van der Waals surface area (Å²) < 4.78 is 0. The molecule has 0 aliphatic heterocycles. The number of fused-ring (bicyclic) bond motifs is 1. The molecule has 3 rings (SSSR count). The van der Waals surface area contributed by atoms with E-state index in [0.717, 1.165) is 27.1 Å². The van der Waals surface area contributed by atoms with Gasteiger partial charge in [-0.2, -0.15) is 5.10 Å². The van der Waals surface area contributed by atoms with Crippen molar-refractivity contribution in [2.24, 2.45) is 5.10 Å². The Morgan fingerprint density at radius 2 is 2.04 bits per heavy atom. The molecule has 0 atom stereocenters. The summed E-state index contributed by atoms with van der Waals surface area (Å²) in [4.78, 5) is 28.1. The van der Waals surface area contributed by atoms with Crippen molar-refractivity contribution in [2.45, 2.75) is 18.7 Å². The first-order chi connectivity index (χ1) is 13.4. The number of aryl methyl sites for hydroxylation is 2. The van der Waals surface area contributed by atoms with E-state index in [1.807, 2.05) is 32.0 Å². The van der Waals surface area contributed by atoms with Crippen LogP contribution in [-0.2, 0) is 4.79 Å². The van der Waals surface area contributed by atoms with Gasteiger partial charge in [0.05, 0.1) is 28.0 Å². The second-order valence-electron chi connectivity index (χ2n) is 6.18. The molecule has 0 fully saturated rings. The van der Waals surface area contributed by atoms with Gasteiger partial charge in [-0.05, 0) is 38.1 Å². The lowest BCUT2D eigenvalue weighted by molar-refractivity contribution is -0.385. The van der Waals surface area contributed by atoms with Gasteiger partial charge < -0.3 is 0 Å². The van der Waals surface area contributed by atoms with Crippen LogP contribution in [0.2, 0.25) is 0 Å². The van der Waals surface area contributed by atoms with Crippen molar-refractivity contribution in [2.75, 3.05) is 5.75 Å². The fourth-order valence-electron chi connectivity index (χ4n) is 2.67. The van der Waals surface area contributed by atoms with E-state index in [9.17, 15) is 14.9 Å². The number of nitro benzene ring substituents is 1. The maximum Gasteiger partial charge on any atom is 0.278 e. The molecule has 0 aliphatic rings. The van der Waals surface area contributed by atoms with Gasteiger partial charge >= 0.3 is 0 Å². The minimum atomic E-state index is -0.488. The number of hydrogen-bond acceptors (Lipinski definition) is 6. The van der Waals surface area contributed by atoms with Crippen LogP contribution in [-0.4, -0.2) is 27.8 Å². The van der Waals surface area contributed by atoms with Crippen LogP contribution in [0.1, 0.15) is 16.8 Å². The number of rotatable bonds is 6. The number of benzene rings is 2. The van der Waals surface area contributed by atoms with Gasteiger partial charge in [0, 0.05) is 22.0 Å². The highest BCUT2D eigenvalue weighted by atomic mass is 32.2. The van der Waals surface area contributed by atoms with Crippen LogP contribution in [0.15, 0.2) is 58.5 Å². The highest BCUT2D eigenvalue weighted by Crippen LogP contribution is 2.28. The molecule has 1 aromatic heterocycles. The van der Waals surface area contributed by atoms with E-state index in [1.165, 1.54) is 24.0 Å². The zero-order chi connectivity index (χ0) is 20.1.